The second kappa shape index (κ2) is 9.17. The van der Waals surface area contributed by atoms with Crippen molar-refractivity contribution in [2.45, 2.75) is 37.6 Å². The summed E-state index contributed by atoms with van der Waals surface area (Å²) in [6, 6.07) is 8.39. The number of thiophene rings is 1. The Morgan fingerprint density at radius 3 is 2.39 bits per heavy atom. The van der Waals surface area contributed by atoms with E-state index in [2.05, 4.69) is 26.4 Å². The highest BCUT2D eigenvalue weighted by Gasteiger charge is 2.26. The van der Waals surface area contributed by atoms with Gasteiger partial charge in [-0.05, 0) is 72.6 Å². The zero-order valence-electron chi connectivity index (χ0n) is 16.2. The number of rotatable bonds is 8. The number of nitrogens with zero attached hydrogens (tertiary/aromatic N) is 1. The average Bonchev–Trinajstić information content (AvgIpc) is 3.36. The fourth-order valence-corrected chi connectivity index (χ4v) is 5.00. The van der Waals surface area contributed by atoms with E-state index in [1.165, 1.54) is 12.1 Å². The maximum Gasteiger partial charge on any atom is 0.240 e. The van der Waals surface area contributed by atoms with Gasteiger partial charge in [0.25, 0.3) is 0 Å². The third-order valence-corrected chi connectivity index (χ3v) is 7.07. The third kappa shape index (κ3) is 5.20. The molecule has 2 aromatic rings. The minimum absolute atomic E-state index is 0.0492. The summed E-state index contributed by atoms with van der Waals surface area (Å²) in [7, 11) is -3.62. The van der Waals surface area contributed by atoms with E-state index in [-0.39, 0.29) is 22.8 Å². The van der Waals surface area contributed by atoms with Crippen LogP contribution >= 0.6 is 11.3 Å². The van der Waals surface area contributed by atoms with Crippen molar-refractivity contribution < 1.29 is 13.2 Å². The quantitative estimate of drug-likeness (QED) is 0.684. The predicted molar refractivity (Wildman–Crippen MR) is 113 cm³/mol. The van der Waals surface area contributed by atoms with Gasteiger partial charge < -0.3 is 5.32 Å². The van der Waals surface area contributed by atoms with Crippen molar-refractivity contribution in [3.8, 4) is 0 Å². The molecule has 2 heterocycles. The van der Waals surface area contributed by atoms with E-state index in [4.69, 9.17) is 0 Å². The Morgan fingerprint density at radius 1 is 1.14 bits per heavy atom. The summed E-state index contributed by atoms with van der Waals surface area (Å²) in [5.41, 5.74) is 1.74. The molecule has 8 heteroatoms. The molecule has 1 atom stereocenters. The zero-order chi connectivity index (χ0) is 20.1. The van der Waals surface area contributed by atoms with E-state index in [1.807, 2.05) is 19.2 Å². The molecule has 0 radical (unpaired) electrons. The van der Waals surface area contributed by atoms with Crippen molar-refractivity contribution in [3.63, 3.8) is 0 Å². The summed E-state index contributed by atoms with van der Waals surface area (Å²) in [6.45, 7) is 5.94. The van der Waals surface area contributed by atoms with E-state index in [9.17, 15) is 13.2 Å². The van der Waals surface area contributed by atoms with Gasteiger partial charge in [0.2, 0.25) is 15.9 Å². The van der Waals surface area contributed by atoms with Crippen LogP contribution in [0.5, 0.6) is 0 Å². The number of likely N-dealkylation sites (tertiary alicyclic amines) is 1. The van der Waals surface area contributed by atoms with E-state index in [0.29, 0.717) is 12.2 Å². The molecule has 1 unspecified atom stereocenters. The average molecular weight is 422 g/mol. The van der Waals surface area contributed by atoms with Crippen LogP contribution in [0.4, 0.5) is 5.69 Å². The predicted octanol–water partition coefficient (Wildman–Crippen LogP) is 3.46. The Labute approximate surface area is 171 Å². The first-order valence-electron chi connectivity index (χ1n) is 9.53. The summed E-state index contributed by atoms with van der Waals surface area (Å²) in [6.07, 6.45) is 2.30. The molecule has 0 spiro atoms. The van der Waals surface area contributed by atoms with Crippen LogP contribution in [0.3, 0.4) is 0 Å². The minimum atomic E-state index is -3.62. The van der Waals surface area contributed by atoms with Gasteiger partial charge in [-0.3, -0.25) is 9.69 Å². The summed E-state index contributed by atoms with van der Waals surface area (Å²) in [5, 5.41) is 6.88. The Kier molecular flexibility index (Phi) is 6.87. The maximum absolute atomic E-state index is 12.7. The Bertz CT molecular complexity index is 872. The summed E-state index contributed by atoms with van der Waals surface area (Å²) in [5.74, 6) is -0.234. The number of benzene rings is 1. The van der Waals surface area contributed by atoms with Gasteiger partial charge in [0.15, 0.2) is 0 Å². The molecule has 1 aliphatic heterocycles. The first-order chi connectivity index (χ1) is 13.4. The van der Waals surface area contributed by atoms with Gasteiger partial charge >= 0.3 is 0 Å². The highest BCUT2D eigenvalue weighted by molar-refractivity contribution is 7.89. The lowest BCUT2D eigenvalue weighted by atomic mass is 10.1. The SMILES string of the molecule is CC(C)C(=O)Nc1ccc(S(=O)(=O)NCC(c2ccsc2)N2CCCC2)cc1. The molecule has 1 aliphatic rings. The van der Waals surface area contributed by atoms with Crippen molar-refractivity contribution in [3.05, 3.63) is 46.7 Å². The number of carbonyl (C=O) groups is 1. The topological polar surface area (TPSA) is 78.5 Å². The van der Waals surface area contributed by atoms with Crippen LogP contribution in [0.15, 0.2) is 46.0 Å². The maximum atomic E-state index is 12.7. The van der Waals surface area contributed by atoms with Crippen molar-refractivity contribution in [2.24, 2.45) is 5.92 Å². The molecule has 0 saturated carbocycles. The second-order valence-corrected chi connectivity index (χ2v) is 9.88. The highest BCUT2D eigenvalue weighted by atomic mass is 32.2. The third-order valence-electron chi connectivity index (χ3n) is 4.93. The normalized spacial score (nSPS) is 16.4. The molecule has 152 valence electrons. The Hall–Kier alpha value is -1.74. The zero-order valence-corrected chi connectivity index (χ0v) is 17.9. The molecule has 0 aliphatic carbocycles. The number of hydrogen-bond acceptors (Lipinski definition) is 5. The molecule has 0 bridgehead atoms. The number of anilines is 1. The standard InChI is InChI=1S/C20H27N3O3S2/c1-15(2)20(24)22-17-5-7-18(8-6-17)28(25,26)21-13-19(16-9-12-27-14-16)23-10-3-4-11-23/h5-9,12,14-15,19,21H,3-4,10-11,13H2,1-2H3,(H,22,24). The second-order valence-electron chi connectivity index (χ2n) is 7.34. The summed E-state index contributed by atoms with van der Waals surface area (Å²) < 4.78 is 28.3. The lowest BCUT2D eigenvalue weighted by Gasteiger charge is -2.27. The number of sulfonamides is 1. The molecule has 1 amide bonds. The first kappa shape index (κ1) is 21.0. The van der Waals surface area contributed by atoms with E-state index >= 15 is 0 Å². The molecular weight excluding hydrogens is 394 g/mol. The number of nitrogens with one attached hydrogen (secondary N) is 2. The molecule has 2 N–H and O–H groups in total. The van der Waals surface area contributed by atoms with E-state index in [0.717, 1.165) is 31.5 Å². The van der Waals surface area contributed by atoms with Gasteiger partial charge in [-0.2, -0.15) is 11.3 Å². The van der Waals surface area contributed by atoms with Crippen molar-refractivity contribution >= 4 is 33.0 Å². The van der Waals surface area contributed by atoms with Crippen LogP contribution < -0.4 is 10.0 Å². The molecule has 1 aromatic carbocycles. The number of hydrogen-bond donors (Lipinski definition) is 2. The van der Waals surface area contributed by atoms with E-state index < -0.39 is 10.0 Å². The molecule has 1 aromatic heterocycles. The largest absolute Gasteiger partial charge is 0.326 e. The highest BCUT2D eigenvalue weighted by Crippen LogP contribution is 2.27. The molecule has 1 fully saturated rings. The van der Waals surface area contributed by atoms with Crippen LogP contribution in [0.25, 0.3) is 0 Å². The van der Waals surface area contributed by atoms with Gasteiger partial charge in [0, 0.05) is 24.2 Å². The molecule has 28 heavy (non-hydrogen) atoms. The lowest BCUT2D eigenvalue weighted by molar-refractivity contribution is -0.118. The van der Waals surface area contributed by atoms with Crippen molar-refractivity contribution in [2.75, 3.05) is 25.0 Å². The molecule has 6 nitrogen and oxygen atoms in total. The minimum Gasteiger partial charge on any atom is -0.326 e. The Balaban J connectivity index is 1.67. The van der Waals surface area contributed by atoms with Gasteiger partial charge in [0.1, 0.15) is 0 Å². The fraction of sp³-hybridized carbons (Fsp3) is 0.450. The van der Waals surface area contributed by atoms with Crippen LogP contribution in [-0.2, 0) is 14.8 Å². The first-order valence-corrected chi connectivity index (χ1v) is 12.0. The molecular formula is C20H27N3O3S2. The van der Waals surface area contributed by atoms with Gasteiger partial charge in [-0.1, -0.05) is 13.8 Å². The number of carbonyl (C=O) groups excluding carboxylic acids is 1. The van der Waals surface area contributed by atoms with Gasteiger partial charge in [0.05, 0.1) is 4.90 Å². The van der Waals surface area contributed by atoms with Crippen LogP contribution in [0.2, 0.25) is 0 Å². The van der Waals surface area contributed by atoms with Crippen LogP contribution in [0, 0.1) is 5.92 Å². The number of amides is 1. The van der Waals surface area contributed by atoms with Crippen LogP contribution in [-0.4, -0.2) is 38.9 Å². The molecule has 3 rings (SSSR count). The summed E-state index contributed by atoms with van der Waals surface area (Å²) in [4.78, 5) is 14.3. The monoisotopic (exact) mass is 421 g/mol. The fourth-order valence-electron chi connectivity index (χ4n) is 3.25. The van der Waals surface area contributed by atoms with Gasteiger partial charge in [-0.25, -0.2) is 13.1 Å². The van der Waals surface area contributed by atoms with Crippen molar-refractivity contribution in [1.29, 1.82) is 0 Å². The summed E-state index contributed by atoms with van der Waals surface area (Å²) >= 11 is 1.63. The van der Waals surface area contributed by atoms with Crippen molar-refractivity contribution in [1.82, 2.24) is 9.62 Å². The lowest BCUT2D eigenvalue weighted by Crippen LogP contribution is -2.36. The molecule has 1 saturated heterocycles. The smallest absolute Gasteiger partial charge is 0.240 e. The Morgan fingerprint density at radius 2 is 1.82 bits per heavy atom. The van der Waals surface area contributed by atoms with Crippen LogP contribution in [0.1, 0.15) is 38.3 Å². The van der Waals surface area contributed by atoms with Gasteiger partial charge in [-0.15, -0.1) is 0 Å². The van der Waals surface area contributed by atoms with E-state index in [1.54, 1.807) is 23.5 Å².